The average molecular weight is 354 g/mol. The quantitative estimate of drug-likeness (QED) is 0.431. The van der Waals surface area contributed by atoms with Crippen LogP contribution in [0.3, 0.4) is 0 Å². The van der Waals surface area contributed by atoms with Gasteiger partial charge in [0.25, 0.3) is 6.08 Å². The van der Waals surface area contributed by atoms with Gasteiger partial charge in [0.1, 0.15) is 5.82 Å². The number of hydrogen-bond donors (Lipinski definition) is 0. The van der Waals surface area contributed by atoms with Crippen molar-refractivity contribution in [1.29, 1.82) is 0 Å². The molecular weight excluding hydrogens is 325 g/mol. The first-order valence-electron chi connectivity index (χ1n) is 9.54. The lowest BCUT2D eigenvalue weighted by molar-refractivity contribution is 0.0226. The predicted octanol–water partition coefficient (Wildman–Crippen LogP) is 7.08. The summed E-state index contributed by atoms with van der Waals surface area (Å²) in [6, 6.07) is 4.63. The smallest absolute Gasteiger partial charge is 0.271 e. The maximum absolute atomic E-state index is 13.9. The molecule has 1 nitrogen and oxygen atoms in total. The Morgan fingerprint density at radius 1 is 1.08 bits per heavy atom. The molecule has 1 aliphatic rings. The summed E-state index contributed by atoms with van der Waals surface area (Å²) in [5.74, 6) is -0.275. The molecule has 0 bridgehead atoms. The molecule has 4 heteroatoms. The van der Waals surface area contributed by atoms with E-state index >= 15 is 0 Å². The van der Waals surface area contributed by atoms with Crippen LogP contribution in [-0.2, 0) is 4.74 Å². The molecule has 1 aromatic carbocycles. The number of hydrogen-bond acceptors (Lipinski definition) is 1. The van der Waals surface area contributed by atoms with E-state index in [0.29, 0.717) is 18.1 Å². The third-order valence-electron chi connectivity index (χ3n) is 5.04. The van der Waals surface area contributed by atoms with E-state index in [2.05, 4.69) is 6.92 Å². The highest BCUT2D eigenvalue weighted by atomic mass is 19.3. The zero-order chi connectivity index (χ0) is 18.1. The van der Waals surface area contributed by atoms with E-state index in [9.17, 15) is 13.2 Å². The van der Waals surface area contributed by atoms with Crippen molar-refractivity contribution in [2.45, 2.75) is 76.7 Å². The van der Waals surface area contributed by atoms with E-state index in [1.54, 1.807) is 6.07 Å². The molecular formula is C21H29F3O. The monoisotopic (exact) mass is 354 g/mol. The molecule has 0 aromatic heterocycles. The number of rotatable bonds is 9. The Morgan fingerprint density at radius 2 is 1.80 bits per heavy atom. The molecule has 1 fully saturated rings. The summed E-state index contributed by atoms with van der Waals surface area (Å²) in [5, 5.41) is 0. The largest absolute Gasteiger partial charge is 0.378 e. The van der Waals surface area contributed by atoms with Gasteiger partial charge >= 0.3 is 0 Å². The first-order valence-corrected chi connectivity index (χ1v) is 9.54. The van der Waals surface area contributed by atoms with Crippen molar-refractivity contribution in [3.8, 4) is 0 Å². The second-order valence-electron chi connectivity index (χ2n) is 6.97. The molecule has 0 N–H and O–H groups in total. The fraction of sp³-hybridized carbons (Fsp3) is 0.619. The maximum atomic E-state index is 13.9. The van der Waals surface area contributed by atoms with E-state index < -0.39 is 11.9 Å². The van der Waals surface area contributed by atoms with Gasteiger partial charge in [0, 0.05) is 18.2 Å². The summed E-state index contributed by atoms with van der Waals surface area (Å²) in [6.45, 7) is 3.05. The highest BCUT2D eigenvalue weighted by Crippen LogP contribution is 2.35. The molecule has 0 atom stereocenters. The molecule has 0 unspecified atom stereocenters. The van der Waals surface area contributed by atoms with E-state index in [1.807, 2.05) is 0 Å². The van der Waals surface area contributed by atoms with Gasteiger partial charge in [-0.2, -0.15) is 8.78 Å². The maximum Gasteiger partial charge on any atom is 0.271 e. The van der Waals surface area contributed by atoms with Gasteiger partial charge in [-0.15, -0.1) is 0 Å². The van der Waals surface area contributed by atoms with Crippen LogP contribution in [-0.4, -0.2) is 12.7 Å². The molecule has 1 saturated carbocycles. The molecule has 2 rings (SSSR count). The van der Waals surface area contributed by atoms with Gasteiger partial charge in [0.15, 0.2) is 0 Å². The number of ether oxygens (including phenoxy) is 1. The minimum Gasteiger partial charge on any atom is -0.378 e. The van der Waals surface area contributed by atoms with Gasteiger partial charge in [-0.25, -0.2) is 4.39 Å². The van der Waals surface area contributed by atoms with Gasteiger partial charge in [-0.3, -0.25) is 0 Å². The number of benzene rings is 1. The summed E-state index contributed by atoms with van der Waals surface area (Å²) in [6.07, 6.45) is 9.13. The zero-order valence-corrected chi connectivity index (χ0v) is 15.1. The lowest BCUT2D eigenvalue weighted by atomic mass is 9.82. The lowest BCUT2D eigenvalue weighted by Crippen LogP contribution is -2.21. The average Bonchev–Trinajstić information content (AvgIpc) is 2.60. The van der Waals surface area contributed by atoms with Crippen LogP contribution in [0.5, 0.6) is 0 Å². The van der Waals surface area contributed by atoms with Gasteiger partial charge in [-0.05, 0) is 49.7 Å². The zero-order valence-electron chi connectivity index (χ0n) is 15.1. The van der Waals surface area contributed by atoms with Crippen LogP contribution < -0.4 is 0 Å². The highest BCUT2D eigenvalue weighted by molar-refractivity contribution is 5.51. The molecule has 0 saturated heterocycles. The second kappa shape index (κ2) is 10.6. The molecule has 0 heterocycles. The minimum absolute atomic E-state index is 0.0520. The van der Waals surface area contributed by atoms with Crippen molar-refractivity contribution >= 4 is 6.08 Å². The van der Waals surface area contributed by atoms with Crippen molar-refractivity contribution < 1.29 is 17.9 Å². The molecule has 140 valence electrons. The Labute approximate surface area is 149 Å². The molecule has 0 spiro atoms. The molecule has 1 aromatic rings. The fourth-order valence-electron chi connectivity index (χ4n) is 3.55. The van der Waals surface area contributed by atoms with Crippen molar-refractivity contribution in [3.63, 3.8) is 0 Å². The van der Waals surface area contributed by atoms with Gasteiger partial charge in [0.05, 0.1) is 6.10 Å². The van der Waals surface area contributed by atoms with E-state index in [0.717, 1.165) is 44.3 Å². The Balaban J connectivity index is 1.74. The summed E-state index contributed by atoms with van der Waals surface area (Å²) in [5.41, 5.74) is 0.857. The van der Waals surface area contributed by atoms with Crippen LogP contribution >= 0.6 is 0 Å². The van der Waals surface area contributed by atoms with E-state index in [4.69, 9.17) is 4.74 Å². The lowest BCUT2D eigenvalue weighted by Gasteiger charge is -2.29. The molecule has 0 radical (unpaired) electrons. The predicted molar refractivity (Wildman–Crippen MR) is 96.3 cm³/mol. The normalized spacial score (nSPS) is 20.5. The number of unbranched alkanes of at least 4 members (excludes halogenated alkanes) is 4. The fourth-order valence-corrected chi connectivity index (χ4v) is 3.55. The van der Waals surface area contributed by atoms with Crippen LogP contribution in [0.15, 0.2) is 24.3 Å². The number of halogens is 3. The van der Waals surface area contributed by atoms with Gasteiger partial charge in [-0.1, -0.05) is 44.7 Å². The Bertz CT molecular complexity index is 544. The Hall–Kier alpha value is -1.29. The molecule has 25 heavy (non-hydrogen) atoms. The summed E-state index contributed by atoms with van der Waals surface area (Å²) >= 11 is 0. The van der Waals surface area contributed by atoms with Crippen LogP contribution in [0, 0.1) is 5.82 Å². The van der Waals surface area contributed by atoms with Crippen LogP contribution in [0.1, 0.15) is 81.8 Å². The second-order valence-corrected chi connectivity index (χ2v) is 6.97. The van der Waals surface area contributed by atoms with Crippen LogP contribution in [0.2, 0.25) is 0 Å². The summed E-state index contributed by atoms with van der Waals surface area (Å²) in [4.78, 5) is 0. The van der Waals surface area contributed by atoms with Crippen molar-refractivity contribution in [2.24, 2.45) is 0 Å². The highest BCUT2D eigenvalue weighted by Gasteiger charge is 2.23. The van der Waals surface area contributed by atoms with E-state index in [-0.39, 0.29) is 5.56 Å². The van der Waals surface area contributed by atoms with Crippen LogP contribution in [0.4, 0.5) is 13.2 Å². The van der Waals surface area contributed by atoms with Crippen molar-refractivity contribution in [2.75, 3.05) is 6.61 Å². The third-order valence-corrected chi connectivity index (χ3v) is 5.04. The van der Waals surface area contributed by atoms with Gasteiger partial charge < -0.3 is 4.74 Å². The first-order chi connectivity index (χ1) is 12.1. The Kier molecular flexibility index (Phi) is 8.53. The SMILES string of the molecule is CCCCCCCOC1CCC(c2ccc(C=C(F)F)c(F)c2)CC1. The van der Waals surface area contributed by atoms with E-state index in [1.165, 1.54) is 37.8 Å². The summed E-state index contributed by atoms with van der Waals surface area (Å²) < 4.78 is 44.4. The standard InChI is InChI=1S/C21H29F3O/c1-2-3-4-5-6-13-25-19-11-9-16(10-12-19)17-7-8-18(15-21(23)24)20(22)14-17/h7-8,14-16,19H,2-6,9-13H2,1H3. The van der Waals surface area contributed by atoms with Gasteiger partial charge in [0.2, 0.25) is 0 Å². The Morgan fingerprint density at radius 3 is 2.44 bits per heavy atom. The van der Waals surface area contributed by atoms with Crippen molar-refractivity contribution in [1.82, 2.24) is 0 Å². The molecule has 0 amide bonds. The minimum atomic E-state index is -1.88. The molecule has 0 aliphatic heterocycles. The molecule has 1 aliphatic carbocycles. The van der Waals surface area contributed by atoms with Crippen LogP contribution in [0.25, 0.3) is 6.08 Å². The summed E-state index contributed by atoms with van der Waals surface area (Å²) in [7, 11) is 0. The van der Waals surface area contributed by atoms with Crippen molar-refractivity contribution in [3.05, 3.63) is 41.2 Å². The first kappa shape index (κ1) is 20.0. The topological polar surface area (TPSA) is 9.23 Å². The third kappa shape index (κ3) is 6.85.